The summed E-state index contributed by atoms with van der Waals surface area (Å²) in [4.78, 5) is 11.0. The van der Waals surface area contributed by atoms with E-state index in [0.717, 1.165) is 25.6 Å². The summed E-state index contributed by atoms with van der Waals surface area (Å²) in [5.74, 6) is 0.891. The number of rotatable bonds is 1. The fourth-order valence-electron chi connectivity index (χ4n) is 2.46. The number of nitrogens with zero attached hydrogens (tertiary/aromatic N) is 3. The Morgan fingerprint density at radius 3 is 2.71 bits per heavy atom. The van der Waals surface area contributed by atoms with E-state index in [-0.39, 0.29) is 0 Å². The van der Waals surface area contributed by atoms with E-state index in [0.29, 0.717) is 5.54 Å². The lowest BCUT2D eigenvalue weighted by atomic mass is 9.84. The van der Waals surface area contributed by atoms with E-state index in [4.69, 9.17) is 0 Å². The van der Waals surface area contributed by atoms with Gasteiger partial charge in [0.1, 0.15) is 0 Å². The van der Waals surface area contributed by atoms with Gasteiger partial charge >= 0.3 is 0 Å². The lowest BCUT2D eigenvalue weighted by Gasteiger charge is -2.50. The zero-order valence-corrected chi connectivity index (χ0v) is 8.11. The Balaban J connectivity index is 1.87. The van der Waals surface area contributed by atoms with Crippen molar-refractivity contribution in [1.29, 1.82) is 0 Å². The number of hydrogen-bond donors (Lipinski definition) is 1. The van der Waals surface area contributed by atoms with Crippen LogP contribution in [0.4, 0.5) is 5.95 Å². The standard InChI is InChI=1S/C10H14N4/c1-4-12-9(13-5-1)14-7-3-10(14)2-6-11-8-10/h1,4-5,11H,2-3,6-8H2/t10-/m1/s1. The average Bonchev–Trinajstić information content (AvgIpc) is 2.68. The molecule has 2 saturated heterocycles. The lowest BCUT2D eigenvalue weighted by molar-refractivity contribution is 0.295. The van der Waals surface area contributed by atoms with Crippen LogP contribution in [0.3, 0.4) is 0 Å². The second-order valence-electron chi connectivity index (χ2n) is 4.10. The van der Waals surface area contributed by atoms with Crippen molar-refractivity contribution < 1.29 is 0 Å². The van der Waals surface area contributed by atoms with E-state index >= 15 is 0 Å². The molecule has 0 saturated carbocycles. The van der Waals surface area contributed by atoms with Gasteiger partial charge in [0.25, 0.3) is 0 Å². The van der Waals surface area contributed by atoms with Gasteiger partial charge in [-0.25, -0.2) is 9.97 Å². The minimum absolute atomic E-state index is 0.335. The first-order valence-electron chi connectivity index (χ1n) is 5.16. The minimum atomic E-state index is 0.335. The molecular formula is C10H14N4. The van der Waals surface area contributed by atoms with Gasteiger partial charge in [-0.15, -0.1) is 0 Å². The van der Waals surface area contributed by atoms with E-state index in [1.807, 2.05) is 18.5 Å². The maximum absolute atomic E-state index is 4.31. The van der Waals surface area contributed by atoms with Gasteiger partial charge in [-0.3, -0.25) is 0 Å². The Hall–Kier alpha value is -1.16. The zero-order chi connectivity index (χ0) is 9.43. The molecule has 0 bridgehead atoms. The van der Waals surface area contributed by atoms with Crippen LogP contribution in [0.2, 0.25) is 0 Å². The summed E-state index contributed by atoms with van der Waals surface area (Å²) in [6.45, 7) is 3.32. The molecule has 4 heteroatoms. The first kappa shape index (κ1) is 8.17. The van der Waals surface area contributed by atoms with Crippen LogP contribution in [0.25, 0.3) is 0 Å². The molecule has 3 heterocycles. The Bertz CT molecular complexity index is 318. The number of anilines is 1. The average molecular weight is 190 g/mol. The quantitative estimate of drug-likeness (QED) is 0.696. The van der Waals surface area contributed by atoms with Crippen LogP contribution < -0.4 is 10.2 Å². The van der Waals surface area contributed by atoms with Gasteiger partial charge in [0.15, 0.2) is 0 Å². The third-order valence-corrected chi connectivity index (χ3v) is 3.39. The number of hydrogen-bond acceptors (Lipinski definition) is 4. The maximum atomic E-state index is 4.31. The molecule has 0 unspecified atom stereocenters. The summed E-state index contributed by atoms with van der Waals surface area (Å²) in [5, 5.41) is 3.42. The van der Waals surface area contributed by atoms with Crippen LogP contribution in [0.15, 0.2) is 18.5 Å². The molecule has 3 rings (SSSR count). The summed E-state index contributed by atoms with van der Waals surface area (Å²) in [5.41, 5.74) is 0.335. The molecule has 0 amide bonds. The largest absolute Gasteiger partial charge is 0.334 e. The molecule has 2 aliphatic rings. The van der Waals surface area contributed by atoms with Crippen LogP contribution in [-0.4, -0.2) is 35.1 Å². The van der Waals surface area contributed by atoms with Crippen molar-refractivity contribution in [2.45, 2.75) is 18.4 Å². The zero-order valence-electron chi connectivity index (χ0n) is 8.11. The SMILES string of the molecule is c1cnc(N2CC[C@@]23CCNC3)nc1. The predicted octanol–water partition coefficient (Wildman–Crippen LogP) is 0.419. The molecule has 1 aromatic heterocycles. The molecule has 2 fully saturated rings. The molecule has 0 aromatic carbocycles. The predicted molar refractivity (Wildman–Crippen MR) is 54.2 cm³/mol. The van der Waals surface area contributed by atoms with Gasteiger partial charge in [-0.2, -0.15) is 0 Å². The highest BCUT2D eigenvalue weighted by Crippen LogP contribution is 2.37. The number of nitrogens with one attached hydrogen (secondary N) is 1. The third kappa shape index (κ3) is 1.04. The van der Waals surface area contributed by atoms with E-state index < -0.39 is 0 Å². The van der Waals surface area contributed by atoms with Crippen molar-refractivity contribution in [3.05, 3.63) is 18.5 Å². The molecule has 0 radical (unpaired) electrons. The summed E-state index contributed by atoms with van der Waals surface area (Å²) in [7, 11) is 0. The summed E-state index contributed by atoms with van der Waals surface area (Å²) < 4.78 is 0. The normalized spacial score (nSPS) is 30.7. The molecule has 74 valence electrons. The molecule has 2 aliphatic heterocycles. The van der Waals surface area contributed by atoms with Crippen molar-refractivity contribution >= 4 is 5.95 Å². The first-order chi connectivity index (χ1) is 6.91. The van der Waals surface area contributed by atoms with Crippen LogP contribution in [-0.2, 0) is 0 Å². The Kier molecular flexibility index (Phi) is 1.70. The van der Waals surface area contributed by atoms with E-state index in [9.17, 15) is 0 Å². The van der Waals surface area contributed by atoms with Gasteiger partial charge in [-0.1, -0.05) is 0 Å². The van der Waals surface area contributed by atoms with Gasteiger partial charge in [0, 0.05) is 25.5 Å². The van der Waals surface area contributed by atoms with Crippen LogP contribution in [0.1, 0.15) is 12.8 Å². The molecule has 1 aromatic rings. The van der Waals surface area contributed by atoms with Crippen molar-refractivity contribution in [1.82, 2.24) is 15.3 Å². The van der Waals surface area contributed by atoms with E-state index in [1.54, 1.807) is 0 Å². The van der Waals surface area contributed by atoms with Crippen molar-refractivity contribution in [2.24, 2.45) is 0 Å². The molecule has 4 nitrogen and oxygen atoms in total. The van der Waals surface area contributed by atoms with Crippen LogP contribution >= 0.6 is 0 Å². The second kappa shape index (κ2) is 2.92. The first-order valence-corrected chi connectivity index (χ1v) is 5.16. The fraction of sp³-hybridized carbons (Fsp3) is 0.600. The van der Waals surface area contributed by atoms with Gasteiger partial charge in [-0.05, 0) is 25.5 Å². The second-order valence-corrected chi connectivity index (χ2v) is 4.10. The molecule has 1 spiro atoms. The highest BCUT2D eigenvalue weighted by atomic mass is 15.4. The summed E-state index contributed by atoms with van der Waals surface area (Å²) in [6, 6.07) is 1.86. The molecule has 1 N–H and O–H groups in total. The number of aromatic nitrogens is 2. The molecule has 14 heavy (non-hydrogen) atoms. The molecule has 0 aliphatic carbocycles. The Morgan fingerprint density at radius 1 is 1.29 bits per heavy atom. The van der Waals surface area contributed by atoms with Crippen molar-refractivity contribution in [3.63, 3.8) is 0 Å². The summed E-state index contributed by atoms with van der Waals surface area (Å²) in [6.07, 6.45) is 6.14. The highest BCUT2D eigenvalue weighted by molar-refractivity contribution is 5.41. The van der Waals surface area contributed by atoms with Crippen molar-refractivity contribution in [3.8, 4) is 0 Å². The third-order valence-electron chi connectivity index (χ3n) is 3.39. The van der Waals surface area contributed by atoms with Crippen LogP contribution in [0.5, 0.6) is 0 Å². The van der Waals surface area contributed by atoms with Crippen LogP contribution in [0, 0.1) is 0 Å². The highest BCUT2D eigenvalue weighted by Gasteiger charge is 2.47. The van der Waals surface area contributed by atoms with E-state index in [2.05, 4.69) is 20.2 Å². The Labute approximate surface area is 83.4 Å². The fourth-order valence-corrected chi connectivity index (χ4v) is 2.46. The Morgan fingerprint density at radius 2 is 2.14 bits per heavy atom. The van der Waals surface area contributed by atoms with Gasteiger partial charge < -0.3 is 10.2 Å². The van der Waals surface area contributed by atoms with Crippen molar-refractivity contribution in [2.75, 3.05) is 24.5 Å². The maximum Gasteiger partial charge on any atom is 0.225 e. The van der Waals surface area contributed by atoms with Gasteiger partial charge in [0.2, 0.25) is 5.95 Å². The summed E-state index contributed by atoms with van der Waals surface area (Å²) >= 11 is 0. The minimum Gasteiger partial charge on any atom is -0.334 e. The molecule has 1 atom stereocenters. The molecular weight excluding hydrogens is 176 g/mol. The van der Waals surface area contributed by atoms with E-state index in [1.165, 1.54) is 12.8 Å². The topological polar surface area (TPSA) is 41.1 Å². The smallest absolute Gasteiger partial charge is 0.225 e. The van der Waals surface area contributed by atoms with Gasteiger partial charge in [0.05, 0.1) is 5.54 Å². The lowest BCUT2D eigenvalue weighted by Crippen LogP contribution is -2.62. The monoisotopic (exact) mass is 190 g/mol.